The number of hydrogen-bond acceptors (Lipinski definition) is 4. The van der Waals surface area contributed by atoms with E-state index in [4.69, 9.17) is 5.11 Å². The van der Waals surface area contributed by atoms with E-state index in [2.05, 4.69) is 5.32 Å². The average molecular weight is 261 g/mol. The third-order valence-corrected chi connectivity index (χ3v) is 5.44. The highest BCUT2D eigenvalue weighted by Crippen LogP contribution is 2.26. The maximum Gasteiger partial charge on any atom is 0.220 e. The van der Waals surface area contributed by atoms with Crippen LogP contribution < -0.4 is 5.32 Å². The maximum absolute atomic E-state index is 11.6. The summed E-state index contributed by atoms with van der Waals surface area (Å²) in [6.45, 7) is 0.607. The van der Waals surface area contributed by atoms with Gasteiger partial charge in [-0.15, -0.1) is 0 Å². The molecule has 2 N–H and O–H groups in total. The summed E-state index contributed by atoms with van der Waals surface area (Å²) in [7, 11) is -2.89. The van der Waals surface area contributed by atoms with Crippen LogP contribution in [-0.4, -0.2) is 43.6 Å². The van der Waals surface area contributed by atoms with Crippen LogP contribution in [0.2, 0.25) is 0 Å². The zero-order chi connectivity index (χ0) is 12.5. The summed E-state index contributed by atoms with van der Waals surface area (Å²) >= 11 is 0. The number of hydrogen-bond donors (Lipinski definition) is 2. The molecule has 0 spiro atoms. The third kappa shape index (κ3) is 3.67. The van der Waals surface area contributed by atoms with Crippen molar-refractivity contribution in [2.75, 3.05) is 18.1 Å². The lowest BCUT2D eigenvalue weighted by Crippen LogP contribution is -2.38. The van der Waals surface area contributed by atoms with Gasteiger partial charge in [0, 0.05) is 13.0 Å². The summed E-state index contributed by atoms with van der Waals surface area (Å²) in [5.41, 5.74) is 0. The highest BCUT2D eigenvalue weighted by Gasteiger charge is 2.30. The molecule has 98 valence electrons. The van der Waals surface area contributed by atoms with Crippen molar-refractivity contribution in [3.05, 3.63) is 0 Å². The van der Waals surface area contributed by atoms with Crippen molar-refractivity contribution >= 4 is 15.7 Å². The van der Waals surface area contributed by atoms with Gasteiger partial charge in [-0.3, -0.25) is 4.79 Å². The normalized spacial score (nSPS) is 35.2. The number of carbonyl (C=O) groups is 1. The lowest BCUT2D eigenvalue weighted by molar-refractivity contribution is -0.122. The largest absolute Gasteiger partial charge is 0.393 e. The Balaban J connectivity index is 1.64. The summed E-state index contributed by atoms with van der Waals surface area (Å²) in [4.78, 5) is 11.6. The maximum atomic E-state index is 11.6. The van der Waals surface area contributed by atoms with Crippen molar-refractivity contribution in [3.63, 3.8) is 0 Å². The first kappa shape index (κ1) is 12.8. The van der Waals surface area contributed by atoms with Crippen molar-refractivity contribution < 1.29 is 18.3 Å². The Hall–Kier alpha value is -0.620. The molecule has 2 aliphatic rings. The van der Waals surface area contributed by atoms with Crippen LogP contribution in [0.5, 0.6) is 0 Å². The van der Waals surface area contributed by atoms with Crippen molar-refractivity contribution in [2.24, 2.45) is 11.8 Å². The molecule has 1 heterocycles. The van der Waals surface area contributed by atoms with Gasteiger partial charge < -0.3 is 10.4 Å². The summed E-state index contributed by atoms with van der Waals surface area (Å²) in [6.07, 6.45) is 2.25. The molecule has 1 aliphatic heterocycles. The Bertz CT molecular complexity index is 386. The quantitative estimate of drug-likeness (QED) is 0.727. The molecule has 0 aromatic rings. The molecular formula is C11H19NO4S. The molecule has 0 aromatic carbocycles. The first-order valence-electron chi connectivity index (χ1n) is 6.10. The Labute approximate surface area is 102 Å². The molecule has 0 aromatic heterocycles. The minimum absolute atomic E-state index is 0.00743. The monoisotopic (exact) mass is 261 g/mol. The van der Waals surface area contributed by atoms with Crippen LogP contribution >= 0.6 is 0 Å². The fourth-order valence-electron chi connectivity index (χ4n) is 2.49. The minimum Gasteiger partial charge on any atom is -0.393 e. The molecule has 17 heavy (non-hydrogen) atoms. The van der Waals surface area contributed by atoms with E-state index in [-0.39, 0.29) is 29.4 Å². The number of rotatable bonds is 4. The van der Waals surface area contributed by atoms with Crippen molar-refractivity contribution in [2.45, 2.75) is 31.8 Å². The zero-order valence-corrected chi connectivity index (χ0v) is 10.6. The van der Waals surface area contributed by atoms with E-state index in [9.17, 15) is 13.2 Å². The van der Waals surface area contributed by atoms with E-state index in [1.165, 1.54) is 0 Å². The molecule has 1 saturated heterocycles. The molecule has 1 atom stereocenters. The molecule has 0 radical (unpaired) electrons. The topological polar surface area (TPSA) is 83.5 Å². The SMILES string of the molecule is O=C(CC1CCS(=O)(=O)C1)NCC1CC(O)C1. The van der Waals surface area contributed by atoms with Gasteiger partial charge in [-0.1, -0.05) is 0 Å². The van der Waals surface area contributed by atoms with Gasteiger partial charge >= 0.3 is 0 Å². The van der Waals surface area contributed by atoms with Crippen molar-refractivity contribution in [1.82, 2.24) is 5.32 Å². The fourth-order valence-corrected chi connectivity index (χ4v) is 4.35. The standard InChI is InChI=1S/C11H19NO4S/c13-10-3-9(4-10)6-12-11(14)5-8-1-2-17(15,16)7-8/h8-10,13H,1-7H2,(H,12,14). The van der Waals surface area contributed by atoms with Crippen LogP contribution in [0.3, 0.4) is 0 Å². The molecule has 5 nitrogen and oxygen atoms in total. The molecule has 1 unspecified atom stereocenters. The van der Waals surface area contributed by atoms with Crippen LogP contribution in [0, 0.1) is 11.8 Å². The highest BCUT2D eigenvalue weighted by molar-refractivity contribution is 7.91. The average Bonchev–Trinajstić information content (AvgIpc) is 2.51. The van der Waals surface area contributed by atoms with E-state index in [1.807, 2.05) is 0 Å². The third-order valence-electron chi connectivity index (χ3n) is 3.60. The number of nitrogens with one attached hydrogen (secondary N) is 1. The zero-order valence-electron chi connectivity index (χ0n) is 9.76. The van der Waals surface area contributed by atoms with Crippen molar-refractivity contribution in [3.8, 4) is 0 Å². The molecule has 1 aliphatic carbocycles. The van der Waals surface area contributed by atoms with Crippen LogP contribution in [-0.2, 0) is 14.6 Å². The number of aliphatic hydroxyl groups is 1. The van der Waals surface area contributed by atoms with E-state index in [0.717, 1.165) is 12.8 Å². The van der Waals surface area contributed by atoms with E-state index in [0.29, 0.717) is 25.3 Å². The number of aliphatic hydroxyl groups excluding tert-OH is 1. The lowest BCUT2D eigenvalue weighted by Gasteiger charge is -2.31. The Morgan fingerprint density at radius 3 is 2.53 bits per heavy atom. The van der Waals surface area contributed by atoms with Crippen LogP contribution in [0.4, 0.5) is 0 Å². The van der Waals surface area contributed by atoms with Gasteiger partial charge in [0.2, 0.25) is 5.91 Å². The number of carbonyl (C=O) groups excluding carboxylic acids is 1. The van der Waals surface area contributed by atoms with Crippen molar-refractivity contribution in [1.29, 1.82) is 0 Å². The van der Waals surface area contributed by atoms with Crippen LogP contribution in [0.1, 0.15) is 25.7 Å². The van der Waals surface area contributed by atoms with E-state index >= 15 is 0 Å². The smallest absolute Gasteiger partial charge is 0.220 e. The summed E-state index contributed by atoms with van der Waals surface area (Å²) in [5, 5.41) is 11.9. The molecule has 2 fully saturated rings. The Morgan fingerprint density at radius 2 is 2.00 bits per heavy atom. The highest BCUT2D eigenvalue weighted by atomic mass is 32.2. The Kier molecular flexibility index (Phi) is 3.73. The number of amides is 1. The second-order valence-electron chi connectivity index (χ2n) is 5.27. The fraction of sp³-hybridized carbons (Fsp3) is 0.909. The van der Waals surface area contributed by atoms with Gasteiger partial charge in [-0.25, -0.2) is 8.42 Å². The van der Waals surface area contributed by atoms with E-state index in [1.54, 1.807) is 0 Å². The second kappa shape index (κ2) is 4.94. The van der Waals surface area contributed by atoms with Gasteiger partial charge in [0.15, 0.2) is 9.84 Å². The predicted octanol–water partition coefficient (Wildman–Crippen LogP) is -0.302. The van der Waals surface area contributed by atoms with Gasteiger partial charge in [0.05, 0.1) is 17.6 Å². The van der Waals surface area contributed by atoms with Gasteiger partial charge in [-0.05, 0) is 31.1 Å². The second-order valence-corrected chi connectivity index (χ2v) is 7.50. The van der Waals surface area contributed by atoms with Crippen LogP contribution in [0.15, 0.2) is 0 Å². The molecule has 6 heteroatoms. The van der Waals surface area contributed by atoms with Gasteiger partial charge in [0.1, 0.15) is 0 Å². The summed E-state index contributed by atoms with van der Waals surface area (Å²) < 4.78 is 22.4. The van der Waals surface area contributed by atoms with Gasteiger partial charge in [0.25, 0.3) is 0 Å². The van der Waals surface area contributed by atoms with Crippen LogP contribution in [0.25, 0.3) is 0 Å². The lowest BCUT2D eigenvalue weighted by atomic mass is 9.82. The first-order chi connectivity index (χ1) is 7.94. The number of sulfone groups is 1. The van der Waals surface area contributed by atoms with Gasteiger partial charge in [-0.2, -0.15) is 0 Å². The Morgan fingerprint density at radius 1 is 1.29 bits per heavy atom. The molecule has 2 rings (SSSR count). The van der Waals surface area contributed by atoms with E-state index < -0.39 is 9.84 Å². The first-order valence-corrected chi connectivity index (χ1v) is 7.92. The molecule has 0 bridgehead atoms. The minimum atomic E-state index is -2.89. The molecular weight excluding hydrogens is 242 g/mol. The molecule has 1 amide bonds. The summed E-state index contributed by atoms with van der Waals surface area (Å²) in [5.74, 6) is 0.698. The predicted molar refractivity (Wildman–Crippen MR) is 63.1 cm³/mol. The summed E-state index contributed by atoms with van der Waals surface area (Å²) in [6, 6.07) is 0. The molecule has 1 saturated carbocycles.